The third kappa shape index (κ3) is 4.39. The summed E-state index contributed by atoms with van der Waals surface area (Å²) < 4.78 is 29.7. The molecule has 0 fully saturated rings. The Bertz CT molecular complexity index is 1780. The number of fused-ring (bicyclic) bond motifs is 2. The molecule has 0 aliphatic rings. The molecular formula is C29H21F2N3O4. The molecule has 0 radical (unpaired) electrons. The molecule has 5 aromatic rings. The van der Waals surface area contributed by atoms with Crippen LogP contribution in [0.5, 0.6) is 0 Å². The molecule has 5 rings (SSSR count). The number of nitrogens with one attached hydrogen (secondary N) is 1. The first-order chi connectivity index (χ1) is 18.3. The number of carboxylic acid groups (broad SMARTS) is 1. The number of rotatable bonds is 6. The van der Waals surface area contributed by atoms with Crippen molar-refractivity contribution in [2.75, 3.05) is 0 Å². The summed E-state index contributed by atoms with van der Waals surface area (Å²) in [6.07, 6.45) is 1.38. The van der Waals surface area contributed by atoms with E-state index < -0.39 is 35.1 Å². The zero-order chi connectivity index (χ0) is 27.0. The SMILES string of the molecule is Cn1c(=O)c(-c2ccc(C[C@H](NC(=O)c3c(F)cccc3F)C(=O)O)c3cccnc23)cc2ccccc21. The van der Waals surface area contributed by atoms with Gasteiger partial charge in [-0.25, -0.2) is 13.6 Å². The van der Waals surface area contributed by atoms with E-state index in [4.69, 9.17) is 0 Å². The van der Waals surface area contributed by atoms with Crippen LogP contribution >= 0.6 is 0 Å². The number of nitrogens with zero attached hydrogens (tertiary/aromatic N) is 2. The number of aliphatic carboxylic acids is 1. The molecule has 9 heteroatoms. The predicted octanol–water partition coefficient (Wildman–Crippen LogP) is 4.46. The van der Waals surface area contributed by atoms with Crippen molar-refractivity contribution >= 4 is 33.7 Å². The topological polar surface area (TPSA) is 101 Å². The van der Waals surface area contributed by atoms with Crippen molar-refractivity contribution in [3.8, 4) is 11.1 Å². The maximum atomic E-state index is 14.1. The van der Waals surface area contributed by atoms with E-state index in [2.05, 4.69) is 10.3 Å². The highest BCUT2D eigenvalue weighted by Gasteiger charge is 2.26. The van der Waals surface area contributed by atoms with Gasteiger partial charge in [-0.15, -0.1) is 0 Å². The van der Waals surface area contributed by atoms with Gasteiger partial charge in [0.25, 0.3) is 11.5 Å². The lowest BCUT2D eigenvalue weighted by atomic mass is 9.95. The maximum absolute atomic E-state index is 14.1. The summed E-state index contributed by atoms with van der Waals surface area (Å²) in [5.41, 5.74) is 1.71. The van der Waals surface area contributed by atoms with E-state index in [9.17, 15) is 28.3 Å². The molecule has 2 N–H and O–H groups in total. The highest BCUT2D eigenvalue weighted by Crippen LogP contribution is 2.30. The van der Waals surface area contributed by atoms with Gasteiger partial charge in [-0.05, 0) is 41.3 Å². The number of hydrogen-bond acceptors (Lipinski definition) is 4. The lowest BCUT2D eigenvalue weighted by Gasteiger charge is -2.17. The molecule has 0 saturated heterocycles. The summed E-state index contributed by atoms with van der Waals surface area (Å²) in [5.74, 6) is -4.74. The molecule has 0 bridgehead atoms. The number of carbonyl (C=O) groups excluding carboxylic acids is 1. The van der Waals surface area contributed by atoms with Crippen LogP contribution < -0.4 is 10.9 Å². The van der Waals surface area contributed by atoms with Crippen LogP contribution in [0.15, 0.2) is 83.8 Å². The Morgan fingerprint density at radius 2 is 1.71 bits per heavy atom. The van der Waals surface area contributed by atoms with E-state index >= 15 is 0 Å². The van der Waals surface area contributed by atoms with E-state index in [-0.39, 0.29) is 12.0 Å². The van der Waals surface area contributed by atoms with Crippen molar-refractivity contribution < 1.29 is 23.5 Å². The molecule has 7 nitrogen and oxygen atoms in total. The summed E-state index contributed by atoms with van der Waals surface area (Å²) in [4.78, 5) is 42.3. The third-order valence-electron chi connectivity index (χ3n) is 6.50. The highest BCUT2D eigenvalue weighted by atomic mass is 19.1. The Morgan fingerprint density at radius 1 is 0.974 bits per heavy atom. The van der Waals surface area contributed by atoms with Crippen LogP contribution in [0.3, 0.4) is 0 Å². The van der Waals surface area contributed by atoms with Crippen molar-refractivity contribution in [2.24, 2.45) is 7.05 Å². The summed E-state index contributed by atoms with van der Waals surface area (Å²) in [5, 5.41) is 13.4. The zero-order valence-electron chi connectivity index (χ0n) is 20.1. The van der Waals surface area contributed by atoms with Crippen LogP contribution in [-0.2, 0) is 18.3 Å². The Hall–Kier alpha value is -4.92. The standard InChI is InChI=1S/C29H21F2N3O4/c1-34-24-10-3-2-6-17(24)14-20(28(34)36)19-12-11-16(18-7-5-13-32-26(18)19)15-23(29(37)38)33-27(35)25-21(30)8-4-9-22(25)31/h2-14,23H,15H2,1H3,(H,33,35)(H,37,38)/t23-/m0/s1. The van der Waals surface area contributed by atoms with E-state index in [0.717, 1.165) is 29.1 Å². The first-order valence-corrected chi connectivity index (χ1v) is 11.7. The number of halogens is 2. The zero-order valence-corrected chi connectivity index (χ0v) is 20.1. The van der Waals surface area contributed by atoms with Crippen LogP contribution in [0.4, 0.5) is 8.78 Å². The monoisotopic (exact) mass is 513 g/mol. The van der Waals surface area contributed by atoms with Crippen molar-refractivity contribution in [1.29, 1.82) is 0 Å². The van der Waals surface area contributed by atoms with Crippen molar-refractivity contribution in [2.45, 2.75) is 12.5 Å². The maximum Gasteiger partial charge on any atom is 0.326 e. The fraction of sp³-hybridized carbons (Fsp3) is 0.103. The average molecular weight is 514 g/mol. The quantitative estimate of drug-likeness (QED) is 0.349. The normalized spacial score (nSPS) is 12.0. The molecule has 38 heavy (non-hydrogen) atoms. The van der Waals surface area contributed by atoms with Crippen molar-refractivity contribution in [3.05, 3.63) is 112 Å². The lowest BCUT2D eigenvalue weighted by molar-refractivity contribution is -0.139. The highest BCUT2D eigenvalue weighted by molar-refractivity contribution is 5.99. The van der Waals surface area contributed by atoms with Crippen LogP contribution in [0.1, 0.15) is 15.9 Å². The number of pyridine rings is 2. The van der Waals surface area contributed by atoms with Crippen LogP contribution in [0.25, 0.3) is 32.9 Å². The summed E-state index contributed by atoms with van der Waals surface area (Å²) >= 11 is 0. The van der Waals surface area contributed by atoms with Crippen molar-refractivity contribution in [3.63, 3.8) is 0 Å². The lowest BCUT2D eigenvalue weighted by Crippen LogP contribution is -2.43. The van der Waals surface area contributed by atoms with Crippen LogP contribution in [0.2, 0.25) is 0 Å². The largest absolute Gasteiger partial charge is 0.480 e. The first-order valence-electron chi connectivity index (χ1n) is 11.7. The van der Waals surface area contributed by atoms with Gasteiger partial charge in [0.1, 0.15) is 23.2 Å². The second-order valence-corrected chi connectivity index (χ2v) is 8.82. The summed E-state index contributed by atoms with van der Waals surface area (Å²) in [6.45, 7) is 0. The minimum atomic E-state index is -1.48. The van der Waals surface area contributed by atoms with E-state index in [1.807, 2.05) is 24.3 Å². The average Bonchev–Trinajstić information content (AvgIpc) is 2.90. The van der Waals surface area contributed by atoms with E-state index in [1.165, 1.54) is 0 Å². The first kappa shape index (κ1) is 24.8. The summed E-state index contributed by atoms with van der Waals surface area (Å²) in [6, 6.07) is 17.5. The minimum absolute atomic E-state index is 0.185. The molecular weight excluding hydrogens is 492 g/mol. The van der Waals surface area contributed by atoms with E-state index in [0.29, 0.717) is 27.6 Å². The van der Waals surface area contributed by atoms with Gasteiger partial charge in [0.05, 0.1) is 11.0 Å². The molecule has 2 aromatic heterocycles. The fourth-order valence-corrected chi connectivity index (χ4v) is 4.61. The second-order valence-electron chi connectivity index (χ2n) is 8.82. The van der Waals surface area contributed by atoms with Gasteiger partial charge < -0.3 is 15.0 Å². The molecule has 3 aromatic carbocycles. The van der Waals surface area contributed by atoms with Gasteiger partial charge in [0.15, 0.2) is 0 Å². The number of aromatic nitrogens is 2. The van der Waals surface area contributed by atoms with Gasteiger partial charge in [-0.3, -0.25) is 14.6 Å². The van der Waals surface area contributed by atoms with Gasteiger partial charge in [-0.1, -0.05) is 42.5 Å². The third-order valence-corrected chi connectivity index (χ3v) is 6.50. The van der Waals surface area contributed by atoms with Gasteiger partial charge in [0.2, 0.25) is 0 Å². The van der Waals surface area contributed by atoms with Gasteiger partial charge in [0, 0.05) is 36.2 Å². The second kappa shape index (κ2) is 9.85. The number of benzene rings is 3. The predicted molar refractivity (Wildman–Crippen MR) is 139 cm³/mol. The molecule has 0 saturated carbocycles. The number of aryl methyl sites for hydroxylation is 1. The minimum Gasteiger partial charge on any atom is -0.480 e. The molecule has 2 heterocycles. The Labute approximate surface area is 215 Å². The van der Waals surface area contributed by atoms with Crippen molar-refractivity contribution in [1.82, 2.24) is 14.9 Å². The van der Waals surface area contributed by atoms with Crippen LogP contribution in [-0.4, -0.2) is 32.6 Å². The van der Waals surface area contributed by atoms with Gasteiger partial charge >= 0.3 is 5.97 Å². The van der Waals surface area contributed by atoms with Gasteiger partial charge in [-0.2, -0.15) is 0 Å². The summed E-state index contributed by atoms with van der Waals surface area (Å²) in [7, 11) is 1.69. The Morgan fingerprint density at radius 3 is 2.45 bits per heavy atom. The number of para-hydroxylation sites is 1. The fourth-order valence-electron chi connectivity index (χ4n) is 4.61. The Kier molecular flexibility index (Phi) is 6.42. The molecule has 0 aliphatic heterocycles. The number of carboxylic acids is 1. The number of amides is 1. The van der Waals surface area contributed by atoms with Crippen LogP contribution in [0, 0.1) is 11.6 Å². The molecule has 0 spiro atoms. The smallest absolute Gasteiger partial charge is 0.326 e. The number of hydrogen-bond donors (Lipinski definition) is 2. The molecule has 0 unspecified atom stereocenters. The molecule has 1 amide bonds. The Balaban J connectivity index is 1.56. The molecule has 190 valence electrons. The molecule has 1 atom stereocenters. The number of carbonyl (C=O) groups is 2. The molecule has 0 aliphatic carbocycles. The van der Waals surface area contributed by atoms with E-state index in [1.54, 1.807) is 48.1 Å².